The quantitative estimate of drug-likeness (QED) is 0.758. The first-order valence-electron chi connectivity index (χ1n) is 4.31. The van der Waals surface area contributed by atoms with Gasteiger partial charge in [0.2, 0.25) is 0 Å². The van der Waals surface area contributed by atoms with Crippen LogP contribution in [-0.2, 0) is 0 Å². The molecule has 0 spiro atoms. The average molecular weight is 180 g/mol. The van der Waals surface area contributed by atoms with Crippen LogP contribution in [-0.4, -0.2) is 11.6 Å². The minimum Gasteiger partial charge on any atom is -0.491 e. The molecule has 13 heavy (non-hydrogen) atoms. The molecule has 0 aliphatic carbocycles. The number of aromatic nitrogens is 1. The SMILES string of the molecule is CC(C)(C)COc1ccncc1N. The highest BCUT2D eigenvalue weighted by molar-refractivity contribution is 5.49. The lowest BCUT2D eigenvalue weighted by Gasteiger charge is -2.19. The number of hydrogen-bond donors (Lipinski definition) is 1. The van der Waals surface area contributed by atoms with Gasteiger partial charge in [0, 0.05) is 12.3 Å². The van der Waals surface area contributed by atoms with E-state index in [2.05, 4.69) is 25.8 Å². The Morgan fingerprint density at radius 3 is 2.69 bits per heavy atom. The van der Waals surface area contributed by atoms with Crippen LogP contribution in [0.1, 0.15) is 20.8 Å². The fourth-order valence-electron chi connectivity index (χ4n) is 0.820. The van der Waals surface area contributed by atoms with Crippen molar-refractivity contribution in [1.29, 1.82) is 0 Å². The van der Waals surface area contributed by atoms with Crippen LogP contribution < -0.4 is 10.5 Å². The predicted molar refractivity (Wildman–Crippen MR) is 53.6 cm³/mol. The van der Waals surface area contributed by atoms with E-state index in [-0.39, 0.29) is 5.41 Å². The molecule has 0 aliphatic heterocycles. The Bertz CT molecular complexity index is 278. The standard InChI is InChI=1S/C10H16N2O/c1-10(2,3)7-13-9-4-5-12-6-8(9)11/h4-6H,7,11H2,1-3H3. The van der Waals surface area contributed by atoms with Crippen molar-refractivity contribution in [3.63, 3.8) is 0 Å². The number of ether oxygens (including phenoxy) is 1. The molecule has 0 amide bonds. The van der Waals surface area contributed by atoms with Crippen molar-refractivity contribution < 1.29 is 4.74 Å². The molecule has 0 aromatic carbocycles. The van der Waals surface area contributed by atoms with E-state index in [1.807, 2.05) is 0 Å². The van der Waals surface area contributed by atoms with Gasteiger partial charge in [-0.25, -0.2) is 0 Å². The predicted octanol–water partition coefficient (Wildman–Crippen LogP) is 2.09. The second kappa shape index (κ2) is 3.64. The van der Waals surface area contributed by atoms with E-state index in [1.54, 1.807) is 18.5 Å². The maximum atomic E-state index is 5.66. The topological polar surface area (TPSA) is 48.1 Å². The Labute approximate surface area is 78.9 Å². The molecule has 1 aromatic rings. The highest BCUT2D eigenvalue weighted by Gasteiger charge is 2.11. The van der Waals surface area contributed by atoms with Gasteiger partial charge in [-0.2, -0.15) is 0 Å². The fraction of sp³-hybridized carbons (Fsp3) is 0.500. The summed E-state index contributed by atoms with van der Waals surface area (Å²) in [6.07, 6.45) is 3.27. The van der Waals surface area contributed by atoms with Gasteiger partial charge in [0.25, 0.3) is 0 Å². The maximum Gasteiger partial charge on any atom is 0.145 e. The molecule has 72 valence electrons. The van der Waals surface area contributed by atoms with Crippen LogP contribution in [0.3, 0.4) is 0 Å². The van der Waals surface area contributed by atoms with Gasteiger partial charge < -0.3 is 10.5 Å². The van der Waals surface area contributed by atoms with Gasteiger partial charge in [0.1, 0.15) is 5.75 Å². The van der Waals surface area contributed by atoms with Crippen LogP contribution in [0.5, 0.6) is 5.75 Å². The number of hydrogen-bond acceptors (Lipinski definition) is 3. The molecule has 2 N–H and O–H groups in total. The number of nitrogen functional groups attached to an aromatic ring is 1. The molecule has 1 heterocycles. The molecule has 0 radical (unpaired) electrons. The first-order chi connectivity index (χ1) is 5.99. The van der Waals surface area contributed by atoms with Crippen LogP contribution >= 0.6 is 0 Å². The van der Waals surface area contributed by atoms with E-state index in [0.29, 0.717) is 18.0 Å². The van der Waals surface area contributed by atoms with Crippen LogP contribution in [0.25, 0.3) is 0 Å². The van der Waals surface area contributed by atoms with E-state index < -0.39 is 0 Å². The van der Waals surface area contributed by atoms with E-state index in [1.165, 1.54) is 0 Å². The van der Waals surface area contributed by atoms with Gasteiger partial charge >= 0.3 is 0 Å². The third kappa shape index (κ3) is 3.32. The van der Waals surface area contributed by atoms with Crippen molar-refractivity contribution in [2.24, 2.45) is 5.41 Å². The minimum absolute atomic E-state index is 0.149. The number of pyridine rings is 1. The van der Waals surface area contributed by atoms with Crippen molar-refractivity contribution >= 4 is 5.69 Å². The lowest BCUT2D eigenvalue weighted by Crippen LogP contribution is -2.17. The van der Waals surface area contributed by atoms with Gasteiger partial charge in [-0.05, 0) is 5.41 Å². The largest absolute Gasteiger partial charge is 0.491 e. The maximum absolute atomic E-state index is 5.66. The molecule has 3 nitrogen and oxygen atoms in total. The number of anilines is 1. The lowest BCUT2D eigenvalue weighted by molar-refractivity contribution is 0.199. The third-order valence-corrected chi connectivity index (χ3v) is 1.47. The van der Waals surface area contributed by atoms with Gasteiger partial charge in [-0.3, -0.25) is 4.98 Å². The molecular weight excluding hydrogens is 164 g/mol. The van der Waals surface area contributed by atoms with Crippen molar-refractivity contribution in [2.45, 2.75) is 20.8 Å². The highest BCUT2D eigenvalue weighted by Crippen LogP contribution is 2.21. The second-order valence-electron chi connectivity index (χ2n) is 4.26. The van der Waals surface area contributed by atoms with Crippen LogP contribution in [0.15, 0.2) is 18.5 Å². The Kier molecular flexibility index (Phi) is 2.76. The van der Waals surface area contributed by atoms with E-state index in [9.17, 15) is 0 Å². The summed E-state index contributed by atoms with van der Waals surface area (Å²) in [4.78, 5) is 3.88. The Balaban J connectivity index is 2.60. The molecule has 0 fully saturated rings. The second-order valence-corrected chi connectivity index (χ2v) is 4.26. The zero-order chi connectivity index (χ0) is 9.90. The van der Waals surface area contributed by atoms with E-state index in [0.717, 1.165) is 0 Å². The molecule has 0 saturated heterocycles. The van der Waals surface area contributed by atoms with Gasteiger partial charge in [-0.15, -0.1) is 0 Å². The van der Waals surface area contributed by atoms with Crippen LogP contribution in [0.2, 0.25) is 0 Å². The molecule has 1 aromatic heterocycles. The molecule has 0 saturated carbocycles. The Hall–Kier alpha value is -1.25. The molecule has 0 aliphatic rings. The summed E-state index contributed by atoms with van der Waals surface area (Å²) >= 11 is 0. The summed E-state index contributed by atoms with van der Waals surface area (Å²) in [6.45, 7) is 7.00. The third-order valence-electron chi connectivity index (χ3n) is 1.47. The van der Waals surface area contributed by atoms with Crippen molar-refractivity contribution in [3.05, 3.63) is 18.5 Å². The Morgan fingerprint density at radius 2 is 2.15 bits per heavy atom. The fourth-order valence-corrected chi connectivity index (χ4v) is 0.820. The number of nitrogens with two attached hydrogens (primary N) is 1. The first kappa shape index (κ1) is 9.84. The highest BCUT2D eigenvalue weighted by atomic mass is 16.5. The summed E-state index contributed by atoms with van der Waals surface area (Å²) in [6, 6.07) is 1.78. The number of rotatable bonds is 2. The molecule has 0 bridgehead atoms. The van der Waals surface area contributed by atoms with Gasteiger partial charge in [-0.1, -0.05) is 20.8 Å². The smallest absolute Gasteiger partial charge is 0.145 e. The van der Waals surface area contributed by atoms with Gasteiger partial charge in [0.15, 0.2) is 0 Å². The van der Waals surface area contributed by atoms with E-state index >= 15 is 0 Å². The summed E-state index contributed by atoms with van der Waals surface area (Å²) in [5.41, 5.74) is 6.40. The molecule has 0 unspecified atom stereocenters. The average Bonchev–Trinajstić information content (AvgIpc) is 2.01. The van der Waals surface area contributed by atoms with Gasteiger partial charge in [0.05, 0.1) is 18.5 Å². The molecule has 3 heteroatoms. The summed E-state index contributed by atoms with van der Waals surface area (Å²) in [5, 5.41) is 0. The zero-order valence-corrected chi connectivity index (χ0v) is 8.37. The lowest BCUT2D eigenvalue weighted by atomic mass is 9.99. The van der Waals surface area contributed by atoms with Crippen LogP contribution in [0, 0.1) is 5.41 Å². The van der Waals surface area contributed by atoms with E-state index in [4.69, 9.17) is 10.5 Å². The van der Waals surface area contributed by atoms with Crippen molar-refractivity contribution in [1.82, 2.24) is 4.98 Å². The Morgan fingerprint density at radius 1 is 1.46 bits per heavy atom. The summed E-state index contributed by atoms with van der Waals surface area (Å²) in [5.74, 6) is 0.713. The van der Waals surface area contributed by atoms with Crippen LogP contribution in [0.4, 0.5) is 5.69 Å². The van der Waals surface area contributed by atoms with Crippen molar-refractivity contribution in [2.75, 3.05) is 12.3 Å². The summed E-state index contributed by atoms with van der Waals surface area (Å²) < 4.78 is 5.54. The van der Waals surface area contributed by atoms with Crippen molar-refractivity contribution in [3.8, 4) is 5.75 Å². The normalized spacial score (nSPS) is 11.3. The molecule has 0 atom stereocenters. The zero-order valence-electron chi connectivity index (χ0n) is 8.37. The minimum atomic E-state index is 0.149. The first-order valence-corrected chi connectivity index (χ1v) is 4.31. The molecular formula is C10H16N2O. The molecule has 1 rings (SSSR count). The monoisotopic (exact) mass is 180 g/mol. The number of nitrogens with zero attached hydrogens (tertiary/aromatic N) is 1. The summed E-state index contributed by atoms with van der Waals surface area (Å²) in [7, 11) is 0.